The van der Waals surface area contributed by atoms with Crippen molar-refractivity contribution < 1.29 is 4.42 Å². The predicted molar refractivity (Wildman–Crippen MR) is 282 cm³/mol. The van der Waals surface area contributed by atoms with E-state index in [0.717, 1.165) is 100 Å². The van der Waals surface area contributed by atoms with Gasteiger partial charge in [-0.25, -0.2) is 0 Å². The van der Waals surface area contributed by atoms with Crippen LogP contribution < -0.4 is 9.80 Å². The first kappa shape index (κ1) is 39.7. The summed E-state index contributed by atoms with van der Waals surface area (Å²) in [6.45, 7) is 0. The van der Waals surface area contributed by atoms with Gasteiger partial charge in [-0.2, -0.15) is 0 Å². The number of para-hydroxylation sites is 2. The SMILES string of the molecule is c1ccc(-c2ccc(N(c3cc(N(c4ccc(-c5ccccc5)cc4)c4ccccc4-c4ccccc4)c4c(c3)oc3cc5ccccc5cc34)c3ccccc3-c3ccccc3)cc2)cc1. The van der Waals surface area contributed by atoms with Crippen LogP contribution in [-0.4, -0.2) is 0 Å². The van der Waals surface area contributed by atoms with Crippen molar-refractivity contribution in [2.75, 3.05) is 9.80 Å². The van der Waals surface area contributed by atoms with Crippen LogP contribution >= 0.6 is 0 Å². The van der Waals surface area contributed by atoms with E-state index in [0.29, 0.717) is 0 Å². The molecule has 0 amide bonds. The fourth-order valence-corrected chi connectivity index (χ4v) is 9.62. The van der Waals surface area contributed by atoms with E-state index in [9.17, 15) is 0 Å². The molecule has 0 radical (unpaired) electrons. The van der Waals surface area contributed by atoms with Crippen LogP contribution in [0.25, 0.3) is 77.2 Å². The Bertz CT molecular complexity index is 3660. The third kappa shape index (κ3) is 7.49. The standard InChI is InChI=1S/C64H44N2O/c1-5-19-45(20-6-1)47-33-37-53(38-34-47)65(59-31-17-15-29-56(59)49-23-9-3-10-24-49)55-43-61(64-58-41-51-27-13-14-28-52(51)42-62(58)67-63(64)44-55)66(54-39-35-48(36-40-54)46-21-7-2-8-22-46)60-32-18-16-30-57(60)50-25-11-4-12-26-50/h1-44H. The lowest BCUT2D eigenvalue weighted by Crippen LogP contribution is -2.15. The van der Waals surface area contributed by atoms with E-state index in [4.69, 9.17) is 4.42 Å². The second-order valence-corrected chi connectivity index (χ2v) is 16.9. The number of furan rings is 1. The van der Waals surface area contributed by atoms with Crippen molar-refractivity contribution in [3.63, 3.8) is 0 Å². The minimum atomic E-state index is 0.795. The highest BCUT2D eigenvalue weighted by Crippen LogP contribution is 2.51. The molecule has 0 fully saturated rings. The molecule has 0 atom stereocenters. The Hall–Kier alpha value is -8.92. The van der Waals surface area contributed by atoms with E-state index in [1.165, 1.54) is 11.1 Å². The van der Waals surface area contributed by atoms with Gasteiger partial charge in [0.15, 0.2) is 0 Å². The summed E-state index contributed by atoms with van der Waals surface area (Å²) < 4.78 is 7.12. The van der Waals surface area contributed by atoms with Gasteiger partial charge in [0, 0.05) is 34.0 Å². The second kappa shape index (κ2) is 17.2. The molecule has 0 saturated heterocycles. The Labute approximate surface area is 390 Å². The van der Waals surface area contributed by atoms with Crippen molar-refractivity contribution in [3.8, 4) is 44.5 Å². The molecule has 0 aliphatic carbocycles. The van der Waals surface area contributed by atoms with Gasteiger partial charge >= 0.3 is 0 Å². The normalized spacial score (nSPS) is 11.3. The third-order valence-electron chi connectivity index (χ3n) is 12.8. The summed E-state index contributed by atoms with van der Waals surface area (Å²) in [5.41, 5.74) is 16.9. The zero-order chi connectivity index (χ0) is 44.5. The Morgan fingerprint density at radius 3 is 1.18 bits per heavy atom. The molecule has 3 nitrogen and oxygen atoms in total. The summed E-state index contributed by atoms with van der Waals surface area (Å²) in [6, 6.07) is 95.6. The Balaban J connectivity index is 1.17. The first-order valence-corrected chi connectivity index (χ1v) is 22.8. The molecule has 3 heteroatoms. The summed E-state index contributed by atoms with van der Waals surface area (Å²) >= 11 is 0. The van der Waals surface area contributed by atoms with E-state index < -0.39 is 0 Å². The second-order valence-electron chi connectivity index (χ2n) is 16.9. The van der Waals surface area contributed by atoms with Gasteiger partial charge in [-0.3, -0.25) is 0 Å². The predicted octanol–water partition coefficient (Wildman–Crippen LogP) is 18.3. The van der Waals surface area contributed by atoms with Gasteiger partial charge < -0.3 is 14.2 Å². The van der Waals surface area contributed by atoms with Gasteiger partial charge in [-0.15, -0.1) is 0 Å². The summed E-state index contributed by atoms with van der Waals surface area (Å²) in [7, 11) is 0. The van der Waals surface area contributed by atoms with E-state index in [-0.39, 0.29) is 0 Å². The summed E-state index contributed by atoms with van der Waals surface area (Å²) in [6.07, 6.45) is 0. The molecule has 11 aromatic carbocycles. The largest absolute Gasteiger partial charge is 0.456 e. The third-order valence-corrected chi connectivity index (χ3v) is 12.8. The van der Waals surface area contributed by atoms with Gasteiger partial charge in [0.2, 0.25) is 0 Å². The van der Waals surface area contributed by atoms with Crippen molar-refractivity contribution in [2.24, 2.45) is 0 Å². The zero-order valence-corrected chi connectivity index (χ0v) is 36.7. The van der Waals surface area contributed by atoms with Gasteiger partial charge in [0.05, 0.1) is 28.1 Å². The minimum Gasteiger partial charge on any atom is -0.456 e. The highest BCUT2D eigenvalue weighted by molar-refractivity contribution is 6.18. The maximum Gasteiger partial charge on any atom is 0.139 e. The number of fused-ring (bicyclic) bond motifs is 4. The number of anilines is 6. The van der Waals surface area contributed by atoms with Gasteiger partial charge in [0.25, 0.3) is 0 Å². The van der Waals surface area contributed by atoms with Crippen LogP contribution in [0.2, 0.25) is 0 Å². The van der Waals surface area contributed by atoms with E-state index >= 15 is 0 Å². The minimum absolute atomic E-state index is 0.795. The first-order chi connectivity index (χ1) is 33.2. The molecule has 0 N–H and O–H groups in total. The molecule has 0 saturated carbocycles. The molecular formula is C64H44N2O. The Morgan fingerprint density at radius 2 is 0.657 bits per heavy atom. The Morgan fingerprint density at radius 1 is 0.254 bits per heavy atom. The van der Waals surface area contributed by atoms with Crippen molar-refractivity contribution >= 4 is 66.8 Å². The van der Waals surface area contributed by atoms with E-state index in [2.05, 4.69) is 277 Å². The quantitative estimate of drug-likeness (QED) is 0.137. The number of rotatable bonds is 10. The van der Waals surface area contributed by atoms with Crippen LogP contribution in [0.3, 0.4) is 0 Å². The van der Waals surface area contributed by atoms with Crippen LogP contribution in [0.15, 0.2) is 271 Å². The average molecular weight is 857 g/mol. The lowest BCUT2D eigenvalue weighted by Gasteiger charge is -2.32. The van der Waals surface area contributed by atoms with Gasteiger partial charge in [-0.05, 0) is 98.8 Å². The number of benzene rings is 11. The molecule has 316 valence electrons. The highest BCUT2D eigenvalue weighted by atomic mass is 16.3. The Kier molecular flexibility index (Phi) is 10.2. The zero-order valence-electron chi connectivity index (χ0n) is 36.7. The maximum atomic E-state index is 7.12. The maximum absolute atomic E-state index is 7.12. The molecule has 0 aliphatic rings. The fourth-order valence-electron chi connectivity index (χ4n) is 9.62. The summed E-state index contributed by atoms with van der Waals surface area (Å²) in [5, 5.41) is 4.39. The fraction of sp³-hybridized carbons (Fsp3) is 0. The first-order valence-electron chi connectivity index (χ1n) is 22.8. The lowest BCUT2D eigenvalue weighted by atomic mass is 9.98. The summed E-state index contributed by atoms with van der Waals surface area (Å²) in [5.74, 6) is 0. The lowest BCUT2D eigenvalue weighted by molar-refractivity contribution is 0.669. The molecule has 12 rings (SSSR count). The van der Waals surface area contributed by atoms with Crippen molar-refractivity contribution in [1.29, 1.82) is 0 Å². The van der Waals surface area contributed by atoms with Gasteiger partial charge in [-0.1, -0.05) is 206 Å². The molecule has 0 spiro atoms. The number of nitrogens with zero attached hydrogens (tertiary/aromatic N) is 2. The average Bonchev–Trinajstić information content (AvgIpc) is 3.77. The smallest absolute Gasteiger partial charge is 0.139 e. The number of hydrogen-bond donors (Lipinski definition) is 0. The molecule has 0 unspecified atom stereocenters. The summed E-state index contributed by atoms with van der Waals surface area (Å²) in [4.78, 5) is 4.83. The molecule has 12 aromatic rings. The van der Waals surface area contributed by atoms with Crippen molar-refractivity contribution in [2.45, 2.75) is 0 Å². The van der Waals surface area contributed by atoms with Crippen molar-refractivity contribution in [3.05, 3.63) is 267 Å². The van der Waals surface area contributed by atoms with Gasteiger partial charge in [0.1, 0.15) is 11.2 Å². The molecular weight excluding hydrogens is 813 g/mol. The monoisotopic (exact) mass is 856 g/mol. The van der Waals surface area contributed by atoms with Crippen molar-refractivity contribution in [1.82, 2.24) is 0 Å². The van der Waals surface area contributed by atoms with Crippen LogP contribution in [0, 0.1) is 0 Å². The van der Waals surface area contributed by atoms with Crippen LogP contribution in [0.1, 0.15) is 0 Å². The topological polar surface area (TPSA) is 19.6 Å². The van der Waals surface area contributed by atoms with Crippen LogP contribution in [0.5, 0.6) is 0 Å². The van der Waals surface area contributed by atoms with Crippen LogP contribution in [-0.2, 0) is 0 Å². The molecule has 1 heterocycles. The molecule has 0 aliphatic heterocycles. The highest BCUT2D eigenvalue weighted by Gasteiger charge is 2.26. The van der Waals surface area contributed by atoms with E-state index in [1.807, 2.05) is 0 Å². The van der Waals surface area contributed by atoms with E-state index in [1.54, 1.807) is 0 Å². The molecule has 1 aromatic heterocycles. The number of hydrogen-bond acceptors (Lipinski definition) is 3. The molecule has 0 bridgehead atoms. The molecule has 67 heavy (non-hydrogen) atoms. The van der Waals surface area contributed by atoms with Crippen LogP contribution in [0.4, 0.5) is 34.1 Å².